The van der Waals surface area contributed by atoms with Crippen molar-refractivity contribution >= 4 is 0 Å². The summed E-state index contributed by atoms with van der Waals surface area (Å²) in [5.74, 6) is 1.77. The average Bonchev–Trinajstić information content (AvgIpc) is 2.71. The quantitative estimate of drug-likeness (QED) is 0.634. The summed E-state index contributed by atoms with van der Waals surface area (Å²) in [6.07, 6.45) is 4.89. The van der Waals surface area contributed by atoms with Crippen molar-refractivity contribution < 1.29 is 10.2 Å². The Morgan fingerprint density at radius 3 is 1.91 bits per heavy atom. The molecule has 2 N–H and O–H groups in total. The van der Waals surface area contributed by atoms with E-state index in [1.807, 2.05) is 0 Å². The van der Waals surface area contributed by atoms with Gasteiger partial charge in [-0.3, -0.25) is 0 Å². The summed E-state index contributed by atoms with van der Waals surface area (Å²) in [4.78, 5) is 0. The Bertz CT molecular complexity index is 140. The van der Waals surface area contributed by atoms with Crippen molar-refractivity contribution in [1.29, 1.82) is 0 Å². The second kappa shape index (κ2) is 2.46. The van der Waals surface area contributed by atoms with Crippen molar-refractivity contribution in [3.8, 4) is 0 Å². The van der Waals surface area contributed by atoms with Crippen LogP contribution in [-0.2, 0) is 0 Å². The lowest BCUT2D eigenvalue weighted by Crippen LogP contribution is -2.44. The van der Waals surface area contributed by atoms with Gasteiger partial charge in [0.25, 0.3) is 0 Å². The zero-order valence-electron chi connectivity index (χ0n) is 6.79. The Balaban J connectivity index is 1.83. The van der Waals surface area contributed by atoms with Crippen molar-refractivity contribution in [3.05, 3.63) is 0 Å². The first-order valence-corrected chi connectivity index (χ1v) is 4.51. The predicted molar refractivity (Wildman–Crippen MR) is 42.1 cm³/mol. The third kappa shape index (κ3) is 1.18. The van der Waals surface area contributed by atoms with Gasteiger partial charge in [0.15, 0.2) is 0 Å². The highest BCUT2D eigenvalue weighted by Crippen LogP contribution is 2.55. The molecule has 0 unspecified atom stereocenters. The van der Waals surface area contributed by atoms with Crippen LogP contribution in [0.15, 0.2) is 0 Å². The third-order valence-corrected chi connectivity index (χ3v) is 3.35. The number of rotatable bonds is 3. The molecule has 11 heavy (non-hydrogen) atoms. The fraction of sp³-hybridized carbons (Fsp3) is 1.00. The van der Waals surface area contributed by atoms with Crippen molar-refractivity contribution in [2.45, 2.75) is 25.7 Å². The van der Waals surface area contributed by atoms with Gasteiger partial charge in [-0.25, -0.2) is 0 Å². The molecule has 64 valence electrons. The van der Waals surface area contributed by atoms with Gasteiger partial charge in [0.1, 0.15) is 0 Å². The van der Waals surface area contributed by atoms with Gasteiger partial charge in [0, 0.05) is 5.41 Å². The second-order valence-electron chi connectivity index (χ2n) is 4.32. The van der Waals surface area contributed by atoms with Crippen LogP contribution in [0, 0.1) is 17.3 Å². The second-order valence-corrected chi connectivity index (χ2v) is 4.32. The number of aliphatic hydroxyl groups is 2. The molecule has 0 aromatic heterocycles. The van der Waals surface area contributed by atoms with E-state index in [1.165, 1.54) is 12.8 Å². The maximum atomic E-state index is 9.00. The molecule has 2 saturated carbocycles. The third-order valence-electron chi connectivity index (χ3n) is 3.35. The summed E-state index contributed by atoms with van der Waals surface area (Å²) >= 11 is 0. The standard InChI is InChI=1S/C9H16O2/c10-5-9(6-11)3-8(4-9)7-1-2-7/h7-8,10-11H,1-6H2. The molecule has 0 bridgehead atoms. The lowest BCUT2D eigenvalue weighted by molar-refractivity contribution is -0.0554. The molecule has 0 aliphatic heterocycles. The van der Waals surface area contributed by atoms with E-state index in [-0.39, 0.29) is 18.6 Å². The van der Waals surface area contributed by atoms with Crippen molar-refractivity contribution in [3.63, 3.8) is 0 Å². The number of aliphatic hydroxyl groups excluding tert-OH is 2. The molecule has 2 nitrogen and oxygen atoms in total. The molecule has 2 heteroatoms. The molecular formula is C9H16O2. The summed E-state index contributed by atoms with van der Waals surface area (Å²) in [6.45, 7) is 0.347. The molecule has 0 atom stereocenters. The van der Waals surface area contributed by atoms with Gasteiger partial charge in [0.05, 0.1) is 13.2 Å². The van der Waals surface area contributed by atoms with Gasteiger partial charge in [-0.2, -0.15) is 0 Å². The first kappa shape index (κ1) is 7.56. The molecule has 2 aliphatic rings. The van der Waals surface area contributed by atoms with E-state index in [9.17, 15) is 0 Å². The minimum Gasteiger partial charge on any atom is -0.396 e. The predicted octanol–water partition coefficient (Wildman–Crippen LogP) is 0.777. The van der Waals surface area contributed by atoms with Crippen molar-refractivity contribution in [2.75, 3.05) is 13.2 Å². The fourth-order valence-corrected chi connectivity index (χ4v) is 2.26. The van der Waals surface area contributed by atoms with Crippen molar-refractivity contribution in [1.82, 2.24) is 0 Å². The first-order valence-electron chi connectivity index (χ1n) is 4.51. The van der Waals surface area contributed by atoms with Gasteiger partial charge in [-0.1, -0.05) is 0 Å². The Morgan fingerprint density at radius 1 is 1.00 bits per heavy atom. The summed E-state index contributed by atoms with van der Waals surface area (Å²) in [5.41, 5.74) is -0.0900. The van der Waals surface area contributed by atoms with E-state index in [0.29, 0.717) is 0 Å². The Hall–Kier alpha value is -0.0800. The summed E-state index contributed by atoms with van der Waals surface area (Å²) in [6, 6.07) is 0. The van der Waals surface area contributed by atoms with Crippen LogP contribution in [0.25, 0.3) is 0 Å². The average molecular weight is 156 g/mol. The maximum Gasteiger partial charge on any atom is 0.0509 e. The highest BCUT2D eigenvalue weighted by Gasteiger charge is 2.48. The summed E-state index contributed by atoms with van der Waals surface area (Å²) < 4.78 is 0. The lowest BCUT2D eigenvalue weighted by Gasteiger charge is -2.45. The van der Waals surface area contributed by atoms with Crippen LogP contribution >= 0.6 is 0 Å². The van der Waals surface area contributed by atoms with Crippen LogP contribution < -0.4 is 0 Å². The molecule has 2 fully saturated rings. The van der Waals surface area contributed by atoms with E-state index in [0.717, 1.165) is 24.7 Å². The number of hydrogen-bond donors (Lipinski definition) is 2. The number of hydrogen-bond acceptors (Lipinski definition) is 2. The molecule has 0 spiro atoms. The van der Waals surface area contributed by atoms with E-state index in [1.54, 1.807) is 0 Å². The van der Waals surface area contributed by atoms with Crippen LogP contribution in [0.3, 0.4) is 0 Å². The molecule has 0 aromatic carbocycles. The SMILES string of the molecule is OCC1(CO)CC(C2CC2)C1. The Morgan fingerprint density at radius 2 is 1.55 bits per heavy atom. The molecule has 0 saturated heterocycles. The van der Waals surface area contributed by atoms with Gasteiger partial charge < -0.3 is 10.2 Å². The maximum absolute atomic E-state index is 9.00. The molecule has 0 aromatic rings. The van der Waals surface area contributed by atoms with Gasteiger partial charge in [-0.05, 0) is 37.5 Å². The summed E-state index contributed by atoms with van der Waals surface area (Å²) in [5, 5.41) is 18.0. The minimum absolute atomic E-state index is 0.0900. The highest BCUT2D eigenvalue weighted by atomic mass is 16.3. The van der Waals surface area contributed by atoms with E-state index in [4.69, 9.17) is 10.2 Å². The topological polar surface area (TPSA) is 40.5 Å². The van der Waals surface area contributed by atoms with Crippen LogP contribution in [0.4, 0.5) is 0 Å². The van der Waals surface area contributed by atoms with Crippen molar-refractivity contribution in [2.24, 2.45) is 17.3 Å². The van der Waals surface area contributed by atoms with Gasteiger partial charge in [-0.15, -0.1) is 0 Å². The van der Waals surface area contributed by atoms with Gasteiger partial charge in [0.2, 0.25) is 0 Å². The van der Waals surface area contributed by atoms with Crippen LogP contribution in [0.5, 0.6) is 0 Å². The normalized spacial score (nSPS) is 30.0. The molecule has 0 amide bonds. The van der Waals surface area contributed by atoms with Crippen LogP contribution in [0.2, 0.25) is 0 Å². The minimum atomic E-state index is -0.0900. The fourth-order valence-electron chi connectivity index (χ4n) is 2.26. The van der Waals surface area contributed by atoms with E-state index in [2.05, 4.69) is 0 Å². The molecule has 0 heterocycles. The van der Waals surface area contributed by atoms with Gasteiger partial charge >= 0.3 is 0 Å². The molecule has 0 radical (unpaired) electrons. The smallest absolute Gasteiger partial charge is 0.0509 e. The first-order chi connectivity index (χ1) is 5.29. The zero-order valence-corrected chi connectivity index (χ0v) is 6.79. The molecular weight excluding hydrogens is 140 g/mol. The van der Waals surface area contributed by atoms with Crippen LogP contribution in [0.1, 0.15) is 25.7 Å². The molecule has 2 rings (SSSR count). The zero-order chi connectivity index (χ0) is 7.90. The Kier molecular flexibility index (Phi) is 1.69. The Labute approximate surface area is 67.2 Å². The van der Waals surface area contributed by atoms with E-state index < -0.39 is 0 Å². The van der Waals surface area contributed by atoms with E-state index >= 15 is 0 Å². The molecule has 2 aliphatic carbocycles. The summed E-state index contributed by atoms with van der Waals surface area (Å²) in [7, 11) is 0. The van der Waals surface area contributed by atoms with Crippen LogP contribution in [-0.4, -0.2) is 23.4 Å². The monoisotopic (exact) mass is 156 g/mol. The highest BCUT2D eigenvalue weighted by molar-refractivity contribution is 4.98. The largest absolute Gasteiger partial charge is 0.396 e. The lowest BCUT2D eigenvalue weighted by atomic mass is 9.61.